The van der Waals surface area contributed by atoms with Crippen molar-refractivity contribution in [3.05, 3.63) is 16.1 Å². The highest BCUT2D eigenvalue weighted by atomic mass is 32.1. The monoisotopic (exact) mass is 243 g/mol. The molecule has 90 valence electrons. The molecular weight excluding hydrogens is 226 g/mol. The summed E-state index contributed by atoms with van der Waals surface area (Å²) in [6, 6.07) is 0. The number of esters is 1. The molecule has 5 heteroatoms. The molecule has 4 nitrogen and oxygen atoms in total. The van der Waals surface area contributed by atoms with Crippen molar-refractivity contribution in [3.63, 3.8) is 0 Å². The highest BCUT2D eigenvalue weighted by Gasteiger charge is 2.09. The number of aryl methyl sites for hydroxylation is 1. The molecule has 0 fully saturated rings. The molecule has 1 unspecified atom stereocenters. The maximum absolute atomic E-state index is 11.0. The molecule has 1 atom stereocenters. The molecule has 1 aromatic heterocycles. The number of carbonyl (C=O) groups excluding carboxylic acids is 1. The summed E-state index contributed by atoms with van der Waals surface area (Å²) in [6.45, 7) is 4.47. The van der Waals surface area contributed by atoms with E-state index in [0.717, 1.165) is 12.1 Å². The number of thiazole rings is 1. The smallest absolute Gasteiger partial charge is 0.308 e. The molecule has 0 aromatic carbocycles. The summed E-state index contributed by atoms with van der Waals surface area (Å²) in [7, 11) is 1.38. The Morgan fingerprint density at radius 2 is 2.38 bits per heavy atom. The predicted molar refractivity (Wildman–Crippen MR) is 62.6 cm³/mol. The first-order valence-electron chi connectivity index (χ1n) is 5.21. The fourth-order valence-electron chi connectivity index (χ4n) is 1.30. The van der Waals surface area contributed by atoms with E-state index in [9.17, 15) is 4.79 Å². The topological polar surface area (TPSA) is 48.4 Å². The summed E-state index contributed by atoms with van der Waals surface area (Å²) >= 11 is 1.64. The average Bonchev–Trinajstić information content (AvgIpc) is 2.64. The van der Waals surface area contributed by atoms with Crippen LogP contribution in [0, 0.1) is 6.92 Å². The lowest BCUT2D eigenvalue weighted by atomic mass is 10.3. The van der Waals surface area contributed by atoms with Crippen LogP contribution < -0.4 is 0 Å². The van der Waals surface area contributed by atoms with Crippen LogP contribution in [0.5, 0.6) is 0 Å². The van der Waals surface area contributed by atoms with Gasteiger partial charge in [0, 0.05) is 11.3 Å². The van der Waals surface area contributed by atoms with Gasteiger partial charge in [0.1, 0.15) is 0 Å². The number of nitrogens with zero attached hydrogens (tertiary/aromatic N) is 1. The van der Waals surface area contributed by atoms with Crippen molar-refractivity contribution in [2.75, 3.05) is 13.7 Å². The van der Waals surface area contributed by atoms with Crippen LogP contribution in [0.4, 0.5) is 0 Å². The van der Waals surface area contributed by atoms with Gasteiger partial charge in [-0.25, -0.2) is 4.98 Å². The second kappa shape index (κ2) is 6.60. The molecule has 1 aromatic rings. The summed E-state index contributed by atoms with van der Waals surface area (Å²) < 4.78 is 10.1. The van der Waals surface area contributed by atoms with E-state index in [4.69, 9.17) is 4.74 Å². The molecule has 0 aliphatic heterocycles. The Hall–Kier alpha value is -0.940. The second-order valence-corrected chi connectivity index (χ2v) is 4.51. The van der Waals surface area contributed by atoms with E-state index in [1.807, 2.05) is 19.4 Å². The Morgan fingerprint density at radius 1 is 1.62 bits per heavy atom. The zero-order chi connectivity index (χ0) is 12.0. The van der Waals surface area contributed by atoms with E-state index >= 15 is 0 Å². The number of aromatic nitrogens is 1. The molecule has 1 rings (SSSR count). The van der Waals surface area contributed by atoms with E-state index in [0.29, 0.717) is 13.0 Å². The van der Waals surface area contributed by atoms with Crippen LogP contribution >= 0.6 is 11.3 Å². The van der Waals surface area contributed by atoms with E-state index in [1.165, 1.54) is 12.0 Å². The van der Waals surface area contributed by atoms with Crippen LogP contribution in [0.15, 0.2) is 5.51 Å². The molecule has 0 spiro atoms. The molecule has 1 heterocycles. The first-order chi connectivity index (χ1) is 7.63. The number of hydrogen-bond donors (Lipinski definition) is 0. The molecule has 16 heavy (non-hydrogen) atoms. The Labute approximate surface area is 99.6 Å². The Bertz CT molecular complexity index is 338. The number of rotatable bonds is 6. The zero-order valence-corrected chi connectivity index (χ0v) is 10.7. The van der Waals surface area contributed by atoms with Crippen LogP contribution in [-0.4, -0.2) is 30.8 Å². The Kier molecular flexibility index (Phi) is 5.42. The maximum atomic E-state index is 11.0. The normalized spacial score (nSPS) is 12.4. The number of hydrogen-bond acceptors (Lipinski definition) is 5. The predicted octanol–water partition coefficient (Wildman–Crippen LogP) is 1.96. The van der Waals surface area contributed by atoms with Crippen LogP contribution in [0.2, 0.25) is 0 Å². The first kappa shape index (κ1) is 13.1. The summed E-state index contributed by atoms with van der Waals surface area (Å²) in [5.74, 6) is -0.235. The highest BCUT2D eigenvalue weighted by Crippen LogP contribution is 2.13. The van der Waals surface area contributed by atoms with Crippen molar-refractivity contribution >= 4 is 17.3 Å². The van der Waals surface area contributed by atoms with Crippen molar-refractivity contribution in [2.45, 2.75) is 32.8 Å². The molecule has 0 aliphatic carbocycles. The number of ether oxygens (including phenoxy) is 2. The third-order valence-corrected chi connectivity index (χ3v) is 3.25. The van der Waals surface area contributed by atoms with Crippen molar-refractivity contribution in [1.29, 1.82) is 0 Å². The Morgan fingerprint density at radius 3 is 2.94 bits per heavy atom. The summed E-state index contributed by atoms with van der Waals surface area (Å²) in [5, 5.41) is 0. The van der Waals surface area contributed by atoms with Crippen molar-refractivity contribution < 1.29 is 14.3 Å². The van der Waals surface area contributed by atoms with Crippen molar-refractivity contribution in [3.8, 4) is 0 Å². The van der Waals surface area contributed by atoms with Crippen molar-refractivity contribution in [1.82, 2.24) is 4.98 Å². The standard InChI is InChI=1S/C11H17NO3S/c1-8(6-11(13)14-3)15-5-4-10-9(2)12-7-16-10/h7-8H,4-6H2,1-3H3. The third-order valence-electron chi connectivity index (χ3n) is 2.26. The van der Waals surface area contributed by atoms with Gasteiger partial charge in [-0.1, -0.05) is 0 Å². The molecular formula is C11H17NO3S. The molecule has 0 saturated carbocycles. The van der Waals surface area contributed by atoms with E-state index in [2.05, 4.69) is 9.72 Å². The summed E-state index contributed by atoms with van der Waals surface area (Å²) in [5.41, 5.74) is 2.90. The minimum absolute atomic E-state index is 0.0966. The average molecular weight is 243 g/mol. The van der Waals surface area contributed by atoms with Gasteiger partial charge in [-0.2, -0.15) is 0 Å². The SMILES string of the molecule is COC(=O)CC(C)OCCc1scnc1C. The Balaban J connectivity index is 2.20. The second-order valence-electron chi connectivity index (χ2n) is 3.57. The van der Waals surface area contributed by atoms with Crippen LogP contribution in [-0.2, 0) is 20.7 Å². The van der Waals surface area contributed by atoms with Crippen molar-refractivity contribution in [2.24, 2.45) is 0 Å². The quantitative estimate of drug-likeness (QED) is 0.717. The molecule has 0 N–H and O–H groups in total. The zero-order valence-electron chi connectivity index (χ0n) is 9.86. The molecule has 0 amide bonds. The molecule has 0 bridgehead atoms. The van der Waals surface area contributed by atoms with E-state index < -0.39 is 0 Å². The van der Waals surface area contributed by atoms with E-state index in [-0.39, 0.29) is 12.1 Å². The number of methoxy groups -OCH3 is 1. The lowest BCUT2D eigenvalue weighted by molar-refractivity contribution is -0.143. The summed E-state index contributed by atoms with van der Waals surface area (Å²) in [4.78, 5) is 16.4. The number of carbonyl (C=O) groups is 1. The molecule has 0 aliphatic rings. The van der Waals surface area contributed by atoms with Gasteiger partial charge in [-0.05, 0) is 13.8 Å². The molecule has 0 radical (unpaired) electrons. The highest BCUT2D eigenvalue weighted by molar-refractivity contribution is 7.09. The van der Waals surface area contributed by atoms with Gasteiger partial charge in [-0.15, -0.1) is 11.3 Å². The van der Waals surface area contributed by atoms with Gasteiger partial charge in [0.15, 0.2) is 0 Å². The van der Waals surface area contributed by atoms with Crippen LogP contribution in [0.3, 0.4) is 0 Å². The van der Waals surface area contributed by atoms with Gasteiger partial charge in [0.2, 0.25) is 0 Å². The first-order valence-corrected chi connectivity index (χ1v) is 6.08. The van der Waals surface area contributed by atoms with Gasteiger partial charge in [0.25, 0.3) is 0 Å². The van der Waals surface area contributed by atoms with Gasteiger partial charge in [0.05, 0.1) is 37.4 Å². The lowest BCUT2D eigenvalue weighted by Gasteiger charge is -2.11. The van der Waals surface area contributed by atoms with Gasteiger partial charge in [-0.3, -0.25) is 4.79 Å². The van der Waals surface area contributed by atoms with Gasteiger partial charge < -0.3 is 9.47 Å². The minimum Gasteiger partial charge on any atom is -0.469 e. The van der Waals surface area contributed by atoms with E-state index in [1.54, 1.807) is 11.3 Å². The molecule has 0 saturated heterocycles. The fraction of sp³-hybridized carbons (Fsp3) is 0.636. The fourth-order valence-corrected chi connectivity index (χ4v) is 2.06. The van der Waals surface area contributed by atoms with Gasteiger partial charge >= 0.3 is 5.97 Å². The lowest BCUT2D eigenvalue weighted by Crippen LogP contribution is -2.16. The van der Waals surface area contributed by atoms with Crippen LogP contribution in [0.25, 0.3) is 0 Å². The maximum Gasteiger partial charge on any atom is 0.308 e. The minimum atomic E-state index is -0.235. The largest absolute Gasteiger partial charge is 0.469 e. The third kappa shape index (κ3) is 4.28. The summed E-state index contributed by atoms with van der Waals surface area (Å²) in [6.07, 6.45) is 1.06. The van der Waals surface area contributed by atoms with Crippen LogP contribution in [0.1, 0.15) is 23.9 Å².